The molecule has 5 aromatic rings. The van der Waals surface area contributed by atoms with E-state index < -0.39 is 0 Å². The first-order valence-corrected chi connectivity index (χ1v) is 13.3. The van der Waals surface area contributed by atoms with Crippen LogP contribution >= 0.6 is 23.2 Å². The van der Waals surface area contributed by atoms with E-state index in [4.69, 9.17) is 32.7 Å². The number of aromatic nitrogens is 3. The number of para-hydroxylation sites is 2. The lowest BCUT2D eigenvalue weighted by molar-refractivity contribution is 0.284. The molecular weight excluding hydrogens is 561 g/mol. The van der Waals surface area contributed by atoms with Gasteiger partial charge in [0.25, 0.3) is 0 Å². The van der Waals surface area contributed by atoms with Crippen LogP contribution in [0.15, 0.2) is 102 Å². The fourth-order valence-electron chi connectivity index (χ4n) is 3.68. The van der Waals surface area contributed by atoms with Crippen LogP contribution in [0.4, 0.5) is 29.2 Å². The van der Waals surface area contributed by atoms with Crippen LogP contribution in [0, 0.1) is 0 Å². The zero-order valence-corrected chi connectivity index (χ0v) is 23.4. The first kappa shape index (κ1) is 27.7. The summed E-state index contributed by atoms with van der Waals surface area (Å²) in [4.78, 5) is 13.4. The Bertz CT molecular complexity index is 1580. The van der Waals surface area contributed by atoms with Crippen LogP contribution in [-0.2, 0) is 6.61 Å². The Hall–Kier alpha value is -4.86. The molecule has 11 heteroatoms. The first-order valence-electron chi connectivity index (χ1n) is 12.5. The van der Waals surface area contributed by atoms with E-state index in [0.29, 0.717) is 33.4 Å². The average Bonchev–Trinajstić information content (AvgIpc) is 2.98. The van der Waals surface area contributed by atoms with Crippen molar-refractivity contribution in [2.75, 3.05) is 23.2 Å². The predicted molar refractivity (Wildman–Crippen MR) is 164 cm³/mol. The van der Waals surface area contributed by atoms with Crippen LogP contribution in [0.2, 0.25) is 10.0 Å². The van der Waals surface area contributed by atoms with Crippen LogP contribution in [-0.4, -0.2) is 28.3 Å². The zero-order valence-electron chi connectivity index (χ0n) is 21.9. The molecular formula is C30H25Cl2N7O2. The second kappa shape index (κ2) is 13.5. The summed E-state index contributed by atoms with van der Waals surface area (Å²) in [5.41, 5.74) is 6.15. The van der Waals surface area contributed by atoms with E-state index in [1.165, 1.54) is 0 Å². The van der Waals surface area contributed by atoms with Gasteiger partial charge in [-0.3, -0.25) is 0 Å². The Morgan fingerprint density at radius 3 is 1.98 bits per heavy atom. The highest BCUT2D eigenvalue weighted by molar-refractivity contribution is 6.35. The van der Waals surface area contributed by atoms with Gasteiger partial charge >= 0.3 is 0 Å². The number of hydrogen-bond acceptors (Lipinski definition) is 9. The number of hydrazone groups is 1. The minimum atomic E-state index is 0.250. The fourth-order valence-corrected chi connectivity index (χ4v) is 4.14. The topological polar surface area (TPSA) is 106 Å². The summed E-state index contributed by atoms with van der Waals surface area (Å²) < 4.78 is 11.5. The standard InChI is InChI=1S/C30H25Cl2N7O2/c1-40-27-16-20(12-15-26(27)41-19-21-13-14-22(31)17-25(21)32)18-33-39-30-37-28(34-23-8-4-2-5-9-23)36-29(38-30)35-24-10-6-3-7-11-24/h2-18H,19H2,1H3,(H3,34,35,36,37,38,39)/b33-18+. The van der Waals surface area contributed by atoms with Crippen LogP contribution in [0.1, 0.15) is 11.1 Å². The molecule has 5 rings (SSSR count). The monoisotopic (exact) mass is 585 g/mol. The normalized spacial score (nSPS) is 10.8. The number of hydrogen-bond donors (Lipinski definition) is 3. The van der Waals surface area contributed by atoms with Gasteiger partial charge < -0.3 is 20.1 Å². The van der Waals surface area contributed by atoms with Crippen molar-refractivity contribution in [3.63, 3.8) is 0 Å². The lowest BCUT2D eigenvalue weighted by atomic mass is 10.2. The molecule has 0 radical (unpaired) electrons. The van der Waals surface area contributed by atoms with Gasteiger partial charge in [-0.1, -0.05) is 65.7 Å². The first-order chi connectivity index (χ1) is 20.1. The zero-order chi connectivity index (χ0) is 28.4. The van der Waals surface area contributed by atoms with Crippen molar-refractivity contribution in [2.45, 2.75) is 6.61 Å². The van der Waals surface area contributed by atoms with Crippen molar-refractivity contribution < 1.29 is 9.47 Å². The molecule has 0 amide bonds. The predicted octanol–water partition coefficient (Wildman–Crippen LogP) is 7.70. The third-order valence-corrected chi connectivity index (χ3v) is 6.25. The van der Waals surface area contributed by atoms with Gasteiger partial charge in [-0.05, 0) is 60.2 Å². The van der Waals surface area contributed by atoms with Gasteiger partial charge in [0.05, 0.1) is 13.3 Å². The van der Waals surface area contributed by atoms with Gasteiger partial charge in [0, 0.05) is 27.0 Å². The van der Waals surface area contributed by atoms with E-state index in [-0.39, 0.29) is 12.6 Å². The lowest BCUT2D eigenvalue weighted by Crippen LogP contribution is -2.07. The molecule has 0 bridgehead atoms. The SMILES string of the molecule is COc1cc(/C=N/Nc2nc(Nc3ccccc3)nc(Nc3ccccc3)n2)ccc1OCc1ccc(Cl)cc1Cl. The lowest BCUT2D eigenvalue weighted by Gasteiger charge is -2.12. The van der Waals surface area contributed by atoms with E-state index in [9.17, 15) is 0 Å². The van der Waals surface area contributed by atoms with Crippen LogP contribution in [0.25, 0.3) is 0 Å². The molecule has 1 aromatic heterocycles. The highest BCUT2D eigenvalue weighted by Gasteiger charge is 2.09. The fraction of sp³-hybridized carbons (Fsp3) is 0.0667. The van der Waals surface area contributed by atoms with E-state index in [0.717, 1.165) is 22.5 Å². The van der Waals surface area contributed by atoms with E-state index in [1.54, 1.807) is 31.5 Å². The van der Waals surface area contributed by atoms with Gasteiger partial charge in [0.2, 0.25) is 17.8 Å². The van der Waals surface area contributed by atoms with Crippen LogP contribution in [0.5, 0.6) is 11.5 Å². The quantitative estimate of drug-likeness (QED) is 0.107. The van der Waals surface area contributed by atoms with E-state index >= 15 is 0 Å². The van der Waals surface area contributed by atoms with Gasteiger partial charge in [0.1, 0.15) is 6.61 Å². The molecule has 0 unspecified atom stereocenters. The summed E-state index contributed by atoms with van der Waals surface area (Å²) in [6.07, 6.45) is 1.63. The van der Waals surface area contributed by atoms with Crippen molar-refractivity contribution in [1.82, 2.24) is 15.0 Å². The van der Waals surface area contributed by atoms with Crippen molar-refractivity contribution in [1.29, 1.82) is 0 Å². The summed E-state index contributed by atoms with van der Waals surface area (Å²) in [5, 5.41) is 11.8. The highest BCUT2D eigenvalue weighted by atomic mass is 35.5. The number of nitrogens with zero attached hydrogens (tertiary/aromatic N) is 4. The van der Waals surface area contributed by atoms with Crippen LogP contribution in [0.3, 0.4) is 0 Å². The maximum absolute atomic E-state index is 6.26. The molecule has 41 heavy (non-hydrogen) atoms. The van der Waals surface area contributed by atoms with E-state index in [1.807, 2.05) is 78.9 Å². The van der Waals surface area contributed by atoms with Crippen molar-refractivity contribution in [3.05, 3.63) is 118 Å². The molecule has 0 spiro atoms. The number of anilines is 5. The van der Waals surface area contributed by atoms with Gasteiger partial charge in [-0.15, -0.1) is 0 Å². The van der Waals surface area contributed by atoms with Gasteiger partial charge in [-0.25, -0.2) is 5.43 Å². The molecule has 9 nitrogen and oxygen atoms in total. The smallest absolute Gasteiger partial charge is 0.250 e. The third-order valence-electron chi connectivity index (χ3n) is 5.66. The van der Waals surface area contributed by atoms with Gasteiger partial charge in [0.15, 0.2) is 11.5 Å². The maximum atomic E-state index is 6.26. The molecule has 0 saturated carbocycles. The molecule has 3 N–H and O–H groups in total. The number of ether oxygens (including phenoxy) is 2. The molecule has 206 valence electrons. The Labute approximate surface area is 247 Å². The Kier molecular flexibility index (Phi) is 9.10. The molecule has 0 saturated heterocycles. The summed E-state index contributed by atoms with van der Waals surface area (Å²) in [6, 6.07) is 30.0. The molecule has 0 atom stereocenters. The average molecular weight is 586 g/mol. The summed E-state index contributed by atoms with van der Waals surface area (Å²) in [6.45, 7) is 0.263. The largest absolute Gasteiger partial charge is 0.493 e. The molecule has 0 aliphatic carbocycles. The van der Waals surface area contributed by atoms with Crippen molar-refractivity contribution in [2.24, 2.45) is 5.10 Å². The number of halogens is 2. The number of nitrogens with one attached hydrogen (secondary N) is 3. The van der Waals surface area contributed by atoms with E-state index in [2.05, 4.69) is 36.1 Å². The Balaban J connectivity index is 1.30. The maximum Gasteiger partial charge on any atom is 0.250 e. The second-order valence-corrected chi connectivity index (χ2v) is 9.44. The minimum Gasteiger partial charge on any atom is -0.493 e. The number of rotatable bonds is 11. The van der Waals surface area contributed by atoms with Crippen molar-refractivity contribution >= 4 is 58.6 Å². The number of benzene rings is 4. The molecule has 0 aliphatic rings. The molecule has 1 heterocycles. The van der Waals surface area contributed by atoms with Crippen LogP contribution < -0.4 is 25.5 Å². The highest BCUT2D eigenvalue weighted by Crippen LogP contribution is 2.30. The van der Waals surface area contributed by atoms with Crippen molar-refractivity contribution in [3.8, 4) is 11.5 Å². The summed E-state index contributed by atoms with van der Waals surface area (Å²) in [7, 11) is 1.57. The minimum absolute atomic E-state index is 0.250. The third kappa shape index (κ3) is 7.84. The molecule has 0 aliphatic heterocycles. The Morgan fingerprint density at radius 1 is 0.732 bits per heavy atom. The van der Waals surface area contributed by atoms with Gasteiger partial charge in [-0.2, -0.15) is 20.1 Å². The Morgan fingerprint density at radius 2 is 1.37 bits per heavy atom. The molecule has 4 aromatic carbocycles. The summed E-state index contributed by atoms with van der Waals surface area (Å²) in [5.74, 6) is 2.06. The number of methoxy groups -OCH3 is 1. The second-order valence-electron chi connectivity index (χ2n) is 8.59. The summed E-state index contributed by atoms with van der Waals surface area (Å²) >= 11 is 12.2. The molecule has 0 fully saturated rings.